The van der Waals surface area contributed by atoms with E-state index >= 15 is 0 Å². The van der Waals surface area contributed by atoms with Crippen molar-refractivity contribution in [2.24, 2.45) is 29.1 Å². The Morgan fingerprint density at radius 2 is 1.77 bits per heavy atom. The molecule has 6 aliphatic rings. The van der Waals surface area contributed by atoms with Crippen LogP contribution in [0.4, 0.5) is 0 Å². The van der Waals surface area contributed by atoms with E-state index in [1.807, 2.05) is 6.92 Å². The van der Waals surface area contributed by atoms with Gasteiger partial charge in [-0.15, -0.1) is 0 Å². The molecule has 4 bridgehead atoms. The van der Waals surface area contributed by atoms with Crippen LogP contribution in [0.25, 0.3) is 0 Å². The van der Waals surface area contributed by atoms with Crippen molar-refractivity contribution in [3.05, 3.63) is 17.0 Å². The van der Waals surface area contributed by atoms with Crippen LogP contribution < -0.4 is 5.48 Å². The number of carbonyl (C=O) groups excluding carboxylic acids is 1. The lowest BCUT2D eigenvalue weighted by Crippen LogP contribution is -2.54. The molecule has 5 fully saturated rings. The summed E-state index contributed by atoms with van der Waals surface area (Å²) < 4.78 is 7.68. The molecule has 0 amide bonds. The van der Waals surface area contributed by atoms with Crippen molar-refractivity contribution in [1.82, 2.24) is 15.3 Å². The third-order valence-corrected chi connectivity index (χ3v) is 10.4. The second-order valence-electron chi connectivity index (χ2n) is 12.7. The molecule has 0 saturated heterocycles. The number of aryl methyl sites for hydroxylation is 1. The van der Waals surface area contributed by atoms with Crippen molar-refractivity contribution in [1.29, 1.82) is 0 Å². The lowest BCUT2D eigenvalue weighted by molar-refractivity contribution is -0.148. The smallest absolute Gasteiger partial charge is 0.309 e. The Balaban J connectivity index is 1.17. The number of rotatable bonds is 8. The number of hydrogen-bond acceptors (Lipinski definition) is 5. The fraction of sp³-hybridized carbons (Fsp3) is 0.862. The predicted octanol–water partition coefficient (Wildman–Crippen LogP) is 5.68. The summed E-state index contributed by atoms with van der Waals surface area (Å²) in [5, 5.41) is 5.12. The van der Waals surface area contributed by atoms with E-state index in [4.69, 9.17) is 14.7 Å². The molecule has 7 rings (SSSR count). The molecule has 6 aliphatic carbocycles. The number of nitrogens with zero attached hydrogens (tertiary/aromatic N) is 2. The van der Waals surface area contributed by atoms with E-state index in [1.54, 1.807) is 0 Å². The highest BCUT2D eigenvalue weighted by molar-refractivity contribution is 5.73. The van der Waals surface area contributed by atoms with Crippen LogP contribution in [0.1, 0.15) is 114 Å². The first-order valence-corrected chi connectivity index (χ1v) is 14.7. The van der Waals surface area contributed by atoms with Crippen LogP contribution in [0.3, 0.4) is 0 Å². The first-order chi connectivity index (χ1) is 17.0. The van der Waals surface area contributed by atoms with E-state index in [2.05, 4.69) is 17.1 Å². The Morgan fingerprint density at radius 1 is 1.09 bits per heavy atom. The third kappa shape index (κ3) is 4.58. The minimum absolute atomic E-state index is 0.0517. The standard InChI is InChI=1S/C29H45N3O3/c1-3-34-28(33)23-9-10-26-25(14-23)27(32(30-26)24-7-5-4-6-8-24)18-35-31-19(2)29-15-20-11-21(16-29)13-22(12-20)17-29/h19-24,31H,3-18H2,1-2H3. The number of hydroxylamine groups is 1. The highest BCUT2D eigenvalue weighted by Gasteiger charge is 2.53. The van der Waals surface area contributed by atoms with E-state index in [9.17, 15) is 4.79 Å². The van der Waals surface area contributed by atoms with E-state index < -0.39 is 0 Å². The van der Waals surface area contributed by atoms with Gasteiger partial charge in [0.15, 0.2) is 0 Å². The Hall–Kier alpha value is -1.40. The zero-order valence-electron chi connectivity index (χ0n) is 21.9. The summed E-state index contributed by atoms with van der Waals surface area (Å²) in [5.74, 6) is 2.74. The summed E-state index contributed by atoms with van der Waals surface area (Å²) in [7, 11) is 0. The van der Waals surface area contributed by atoms with Gasteiger partial charge in [-0.25, -0.2) is 0 Å². The first kappa shape index (κ1) is 24.0. The quantitative estimate of drug-likeness (QED) is 0.380. The Bertz CT molecular complexity index is 883. The van der Waals surface area contributed by atoms with Crippen LogP contribution in [-0.2, 0) is 33.8 Å². The van der Waals surface area contributed by atoms with Gasteiger partial charge in [0.1, 0.15) is 6.61 Å². The van der Waals surface area contributed by atoms with Crippen LogP contribution >= 0.6 is 0 Å². The molecular formula is C29H45N3O3. The van der Waals surface area contributed by atoms with Gasteiger partial charge in [-0.1, -0.05) is 19.3 Å². The number of aromatic nitrogens is 2. The van der Waals surface area contributed by atoms with Crippen molar-refractivity contribution < 1.29 is 14.4 Å². The summed E-state index contributed by atoms with van der Waals surface area (Å²) in [6.07, 6.45) is 17.3. The van der Waals surface area contributed by atoms with Gasteiger partial charge < -0.3 is 4.74 Å². The molecule has 0 radical (unpaired) electrons. The third-order valence-electron chi connectivity index (χ3n) is 10.4. The average molecular weight is 484 g/mol. The van der Waals surface area contributed by atoms with Gasteiger partial charge in [-0.05, 0) is 113 Å². The van der Waals surface area contributed by atoms with Crippen molar-refractivity contribution in [2.45, 2.75) is 122 Å². The summed E-state index contributed by atoms with van der Waals surface area (Å²) >= 11 is 0. The highest BCUT2D eigenvalue weighted by atomic mass is 16.6. The molecule has 1 heterocycles. The van der Waals surface area contributed by atoms with Crippen LogP contribution in [0.2, 0.25) is 0 Å². The Labute approximate surface area is 210 Å². The number of carbonyl (C=O) groups is 1. The second-order valence-corrected chi connectivity index (χ2v) is 12.7. The zero-order chi connectivity index (χ0) is 24.0. The zero-order valence-corrected chi connectivity index (χ0v) is 21.9. The van der Waals surface area contributed by atoms with Gasteiger partial charge in [0, 0.05) is 6.04 Å². The molecule has 6 heteroatoms. The van der Waals surface area contributed by atoms with Gasteiger partial charge in [-0.2, -0.15) is 10.6 Å². The van der Waals surface area contributed by atoms with E-state index in [-0.39, 0.29) is 11.9 Å². The normalized spacial score (nSPS) is 35.1. The van der Waals surface area contributed by atoms with Crippen LogP contribution in [-0.4, -0.2) is 28.4 Å². The van der Waals surface area contributed by atoms with Gasteiger partial charge in [0.25, 0.3) is 0 Å². The van der Waals surface area contributed by atoms with Crippen molar-refractivity contribution >= 4 is 5.97 Å². The topological polar surface area (TPSA) is 65.4 Å². The molecule has 0 aliphatic heterocycles. The molecular weight excluding hydrogens is 438 g/mol. The molecule has 2 atom stereocenters. The number of esters is 1. The Morgan fingerprint density at radius 3 is 2.43 bits per heavy atom. The molecule has 35 heavy (non-hydrogen) atoms. The maximum atomic E-state index is 12.5. The fourth-order valence-corrected chi connectivity index (χ4v) is 8.96. The largest absolute Gasteiger partial charge is 0.466 e. The Kier molecular flexibility index (Phi) is 6.72. The lowest BCUT2D eigenvalue weighted by atomic mass is 9.48. The molecule has 0 spiro atoms. The molecule has 2 unspecified atom stereocenters. The average Bonchev–Trinajstić information content (AvgIpc) is 3.21. The number of fused-ring (bicyclic) bond motifs is 1. The molecule has 194 valence electrons. The van der Waals surface area contributed by atoms with Crippen LogP contribution in [0.5, 0.6) is 0 Å². The predicted molar refractivity (Wildman–Crippen MR) is 134 cm³/mol. The molecule has 1 N–H and O–H groups in total. The highest BCUT2D eigenvalue weighted by Crippen LogP contribution is 2.61. The van der Waals surface area contributed by atoms with Gasteiger partial charge in [0.05, 0.1) is 30.0 Å². The second kappa shape index (κ2) is 9.81. The minimum atomic E-state index is -0.0519. The molecule has 5 saturated carbocycles. The number of hydrogen-bond donors (Lipinski definition) is 1. The van der Waals surface area contributed by atoms with Gasteiger partial charge in [0.2, 0.25) is 0 Å². The number of ether oxygens (including phenoxy) is 1. The summed E-state index contributed by atoms with van der Waals surface area (Å²) in [6.45, 7) is 5.23. The maximum absolute atomic E-state index is 12.5. The van der Waals surface area contributed by atoms with Gasteiger partial charge in [-0.3, -0.25) is 14.3 Å². The minimum Gasteiger partial charge on any atom is -0.466 e. The van der Waals surface area contributed by atoms with E-state index in [1.165, 1.54) is 87.6 Å². The number of nitrogens with one attached hydrogen (secondary N) is 1. The first-order valence-electron chi connectivity index (χ1n) is 14.7. The summed E-state index contributed by atoms with van der Waals surface area (Å²) in [4.78, 5) is 18.9. The monoisotopic (exact) mass is 483 g/mol. The van der Waals surface area contributed by atoms with Crippen LogP contribution in [0.15, 0.2) is 0 Å². The van der Waals surface area contributed by atoms with Crippen LogP contribution in [0, 0.1) is 29.1 Å². The van der Waals surface area contributed by atoms with Crippen molar-refractivity contribution in [3.63, 3.8) is 0 Å². The molecule has 0 aromatic carbocycles. The fourth-order valence-electron chi connectivity index (χ4n) is 8.96. The summed E-state index contributed by atoms with van der Waals surface area (Å²) in [5.41, 5.74) is 7.60. The van der Waals surface area contributed by atoms with Crippen molar-refractivity contribution in [3.8, 4) is 0 Å². The maximum Gasteiger partial charge on any atom is 0.309 e. The molecule has 1 aromatic rings. The lowest BCUT2D eigenvalue weighted by Gasteiger charge is -2.59. The van der Waals surface area contributed by atoms with Crippen molar-refractivity contribution in [2.75, 3.05) is 6.61 Å². The molecule has 6 nitrogen and oxygen atoms in total. The SMILES string of the molecule is CCOC(=O)C1CCc2nn(C3CCCCC3)c(CONC(C)C34CC5CC(CC(C5)C3)C4)c2C1. The molecule has 1 aromatic heterocycles. The van der Waals surface area contributed by atoms with Gasteiger partial charge >= 0.3 is 5.97 Å². The van der Waals surface area contributed by atoms with E-state index in [0.29, 0.717) is 30.7 Å². The summed E-state index contributed by atoms with van der Waals surface area (Å²) in [6, 6.07) is 0.847. The van der Waals surface area contributed by atoms with E-state index in [0.717, 1.165) is 37.0 Å².